The summed E-state index contributed by atoms with van der Waals surface area (Å²) in [5.74, 6) is -0.452. The Morgan fingerprint density at radius 3 is 1.91 bits per heavy atom. The summed E-state index contributed by atoms with van der Waals surface area (Å²) in [7, 11) is 0. The highest BCUT2D eigenvalue weighted by atomic mass is 16.2. The second-order valence-corrected chi connectivity index (χ2v) is 4.94. The molecule has 0 unspecified atom stereocenters. The van der Waals surface area contributed by atoms with E-state index in [0.717, 1.165) is 26.5 Å². The van der Waals surface area contributed by atoms with Crippen molar-refractivity contribution in [1.29, 1.82) is 0 Å². The van der Waals surface area contributed by atoms with E-state index in [4.69, 9.17) is 0 Å². The maximum absolute atomic E-state index is 12.3. The predicted octanol–water partition coefficient (Wildman–Crippen LogP) is -0.540. The summed E-state index contributed by atoms with van der Waals surface area (Å²) in [5.41, 5.74) is -2.40. The van der Waals surface area contributed by atoms with Crippen molar-refractivity contribution in [2.45, 2.75) is 39.4 Å². The molecule has 23 heavy (non-hydrogen) atoms. The first-order valence-corrected chi connectivity index (χ1v) is 7.40. The van der Waals surface area contributed by atoms with Crippen LogP contribution in [0, 0.1) is 0 Å². The first-order valence-electron chi connectivity index (χ1n) is 7.40. The Kier molecular flexibility index (Phi) is 6.98. The Morgan fingerprint density at radius 2 is 1.48 bits per heavy atom. The van der Waals surface area contributed by atoms with Crippen molar-refractivity contribution in [1.82, 2.24) is 19.0 Å². The van der Waals surface area contributed by atoms with Gasteiger partial charge in [0.15, 0.2) is 0 Å². The van der Waals surface area contributed by atoms with Crippen molar-refractivity contribution >= 4 is 5.91 Å². The number of carbonyl (C=O) groups is 1. The molecule has 0 bridgehead atoms. The molecule has 0 aliphatic rings. The average Bonchev–Trinajstić information content (AvgIpc) is 2.52. The molecular formula is C15H22N4O4. The monoisotopic (exact) mass is 322 g/mol. The van der Waals surface area contributed by atoms with Crippen LogP contribution in [0.5, 0.6) is 0 Å². The molecule has 1 rings (SSSR count). The molecule has 0 aliphatic carbocycles. The topological polar surface area (TPSA) is 95.1 Å². The molecule has 1 amide bonds. The van der Waals surface area contributed by atoms with E-state index in [1.807, 2.05) is 6.92 Å². The fourth-order valence-electron chi connectivity index (χ4n) is 1.99. The summed E-state index contributed by atoms with van der Waals surface area (Å²) >= 11 is 0. The highest BCUT2D eigenvalue weighted by molar-refractivity contribution is 5.75. The second kappa shape index (κ2) is 8.72. The summed E-state index contributed by atoms with van der Waals surface area (Å²) in [5, 5.41) is 2.63. The van der Waals surface area contributed by atoms with Crippen LogP contribution in [0.4, 0.5) is 0 Å². The van der Waals surface area contributed by atoms with Crippen LogP contribution in [0.1, 0.15) is 19.8 Å². The summed E-state index contributed by atoms with van der Waals surface area (Å²) in [6, 6.07) is 0. The molecule has 8 nitrogen and oxygen atoms in total. The minimum atomic E-state index is -0.828. The lowest BCUT2D eigenvalue weighted by atomic mass is 10.3. The van der Waals surface area contributed by atoms with Gasteiger partial charge in [0.25, 0.3) is 0 Å². The van der Waals surface area contributed by atoms with Gasteiger partial charge in [-0.25, -0.2) is 28.1 Å². The van der Waals surface area contributed by atoms with Gasteiger partial charge in [0.05, 0.1) is 13.1 Å². The van der Waals surface area contributed by atoms with Gasteiger partial charge in [0.1, 0.15) is 6.54 Å². The fraction of sp³-hybridized carbons (Fsp3) is 0.467. The Hall–Kier alpha value is -2.64. The van der Waals surface area contributed by atoms with E-state index < -0.39 is 29.5 Å². The van der Waals surface area contributed by atoms with Gasteiger partial charge in [-0.1, -0.05) is 25.5 Å². The Bertz CT molecular complexity index is 706. The van der Waals surface area contributed by atoms with Crippen molar-refractivity contribution in [2.75, 3.05) is 6.54 Å². The quantitative estimate of drug-likeness (QED) is 0.488. The van der Waals surface area contributed by atoms with Crippen molar-refractivity contribution in [3.05, 3.63) is 56.8 Å². The number of hydrogen-bond acceptors (Lipinski definition) is 4. The third-order valence-corrected chi connectivity index (χ3v) is 3.16. The fourth-order valence-corrected chi connectivity index (χ4v) is 1.99. The van der Waals surface area contributed by atoms with Gasteiger partial charge in [-0.2, -0.15) is 0 Å². The average molecular weight is 322 g/mol. The molecular weight excluding hydrogens is 300 g/mol. The van der Waals surface area contributed by atoms with E-state index in [0.29, 0.717) is 6.54 Å². The van der Waals surface area contributed by atoms with Crippen LogP contribution >= 0.6 is 0 Å². The summed E-state index contributed by atoms with van der Waals surface area (Å²) in [6.45, 7) is 8.88. The van der Waals surface area contributed by atoms with Crippen LogP contribution in [0.3, 0.4) is 0 Å². The van der Waals surface area contributed by atoms with Gasteiger partial charge in [0, 0.05) is 6.54 Å². The van der Waals surface area contributed by atoms with Crippen molar-refractivity contribution < 1.29 is 4.79 Å². The molecule has 0 saturated carbocycles. The van der Waals surface area contributed by atoms with E-state index in [2.05, 4.69) is 18.5 Å². The molecule has 1 heterocycles. The summed E-state index contributed by atoms with van der Waals surface area (Å²) < 4.78 is 2.46. The number of carbonyl (C=O) groups excluding carboxylic acids is 1. The zero-order chi connectivity index (χ0) is 17.4. The number of aromatic nitrogens is 3. The predicted molar refractivity (Wildman–Crippen MR) is 87.5 cm³/mol. The smallest absolute Gasteiger partial charge is 0.337 e. The molecule has 0 aromatic carbocycles. The number of allylic oxidation sites excluding steroid dienone is 2. The van der Waals surface area contributed by atoms with Gasteiger partial charge < -0.3 is 5.32 Å². The zero-order valence-corrected chi connectivity index (χ0v) is 13.3. The Morgan fingerprint density at radius 1 is 1.00 bits per heavy atom. The summed E-state index contributed by atoms with van der Waals surface area (Å²) in [4.78, 5) is 48.6. The SMILES string of the molecule is C=CCn1c(=O)n(CC=C)c(=O)n(CC(=O)NCCCC)c1=O. The molecule has 1 N–H and O–H groups in total. The van der Waals surface area contributed by atoms with Crippen LogP contribution in [0.25, 0.3) is 0 Å². The highest BCUT2D eigenvalue weighted by Gasteiger charge is 2.16. The third kappa shape index (κ3) is 4.41. The Balaban J connectivity index is 3.30. The van der Waals surface area contributed by atoms with Gasteiger partial charge in [-0.15, -0.1) is 13.2 Å². The van der Waals surface area contributed by atoms with E-state index in [9.17, 15) is 19.2 Å². The standard InChI is InChI=1S/C15H22N4O4/c1-4-7-8-16-12(20)11-19-14(22)17(9-5-2)13(21)18(10-6-3)15(19)23/h5-6H,2-4,7-11H2,1H3,(H,16,20). The van der Waals surface area contributed by atoms with Crippen molar-refractivity contribution in [3.63, 3.8) is 0 Å². The van der Waals surface area contributed by atoms with E-state index >= 15 is 0 Å². The molecule has 0 aliphatic heterocycles. The molecule has 8 heteroatoms. The first kappa shape index (κ1) is 18.4. The number of amides is 1. The van der Waals surface area contributed by atoms with Crippen LogP contribution in [-0.4, -0.2) is 26.2 Å². The lowest BCUT2D eigenvalue weighted by Gasteiger charge is -2.12. The van der Waals surface area contributed by atoms with E-state index in [1.165, 1.54) is 12.2 Å². The number of nitrogens with zero attached hydrogens (tertiary/aromatic N) is 3. The third-order valence-electron chi connectivity index (χ3n) is 3.16. The van der Waals surface area contributed by atoms with E-state index in [1.54, 1.807) is 0 Å². The first-order chi connectivity index (χ1) is 11.0. The molecule has 0 saturated heterocycles. The van der Waals surface area contributed by atoms with Crippen LogP contribution in [0.15, 0.2) is 39.7 Å². The van der Waals surface area contributed by atoms with Gasteiger partial charge in [-0.3, -0.25) is 4.79 Å². The zero-order valence-electron chi connectivity index (χ0n) is 13.3. The molecule has 1 aromatic heterocycles. The number of hydrogen-bond donors (Lipinski definition) is 1. The largest absolute Gasteiger partial charge is 0.355 e. The van der Waals surface area contributed by atoms with E-state index in [-0.39, 0.29) is 13.1 Å². The van der Waals surface area contributed by atoms with Crippen molar-refractivity contribution in [3.8, 4) is 0 Å². The lowest BCUT2D eigenvalue weighted by molar-refractivity contribution is -0.121. The van der Waals surface area contributed by atoms with Gasteiger partial charge >= 0.3 is 17.1 Å². The molecule has 0 radical (unpaired) electrons. The van der Waals surface area contributed by atoms with Crippen LogP contribution in [0.2, 0.25) is 0 Å². The van der Waals surface area contributed by atoms with Crippen LogP contribution < -0.4 is 22.4 Å². The highest BCUT2D eigenvalue weighted by Crippen LogP contribution is 1.84. The number of unbranched alkanes of at least 4 members (excludes halogenated alkanes) is 1. The van der Waals surface area contributed by atoms with Crippen LogP contribution in [-0.2, 0) is 24.4 Å². The maximum atomic E-state index is 12.3. The summed E-state index contributed by atoms with van der Waals surface area (Å²) in [6.07, 6.45) is 4.46. The minimum Gasteiger partial charge on any atom is -0.355 e. The maximum Gasteiger partial charge on any atom is 0.337 e. The Labute approximate surface area is 133 Å². The molecule has 0 fully saturated rings. The molecule has 1 aromatic rings. The number of rotatable bonds is 9. The molecule has 126 valence electrons. The molecule has 0 atom stereocenters. The minimum absolute atomic E-state index is 0.0491. The second-order valence-electron chi connectivity index (χ2n) is 4.94. The lowest BCUT2D eigenvalue weighted by Crippen LogP contribution is -2.55. The van der Waals surface area contributed by atoms with Gasteiger partial charge in [-0.05, 0) is 6.42 Å². The molecule has 0 spiro atoms. The normalized spacial score (nSPS) is 10.3. The van der Waals surface area contributed by atoms with Crippen molar-refractivity contribution in [2.24, 2.45) is 0 Å². The van der Waals surface area contributed by atoms with Gasteiger partial charge in [0.2, 0.25) is 5.91 Å². The number of nitrogens with one attached hydrogen (secondary N) is 1.